The molecule has 3 N–H and O–H groups in total. The SMILES string of the molecule is COc1ccc(NC2=N[C@@H]3[C@@H](O)[C@H](O)C[C@H](C(=O)N4CCCCC4)[C@H]3S2)cc1. The number of likely N-dealkylation sites (tertiary alicyclic amines) is 1. The van der Waals surface area contributed by atoms with Crippen LogP contribution in [0.5, 0.6) is 5.75 Å². The summed E-state index contributed by atoms with van der Waals surface area (Å²) in [6, 6.07) is 7.03. The van der Waals surface area contributed by atoms with E-state index in [0.717, 1.165) is 43.8 Å². The fraction of sp³-hybridized carbons (Fsp3) is 0.600. The van der Waals surface area contributed by atoms with Crippen molar-refractivity contribution in [1.29, 1.82) is 0 Å². The normalized spacial score (nSPS) is 32.5. The molecule has 152 valence electrons. The van der Waals surface area contributed by atoms with Crippen LogP contribution in [0.25, 0.3) is 0 Å². The monoisotopic (exact) mass is 405 g/mol. The second-order valence-corrected chi connectivity index (χ2v) is 8.81. The summed E-state index contributed by atoms with van der Waals surface area (Å²) < 4.78 is 5.17. The van der Waals surface area contributed by atoms with Crippen LogP contribution in [0.15, 0.2) is 29.3 Å². The molecule has 1 amide bonds. The highest BCUT2D eigenvalue weighted by Gasteiger charge is 2.51. The lowest BCUT2D eigenvalue weighted by Gasteiger charge is -2.40. The molecule has 2 aliphatic heterocycles. The first-order chi connectivity index (χ1) is 13.6. The second-order valence-electron chi connectivity index (χ2n) is 7.65. The summed E-state index contributed by atoms with van der Waals surface area (Å²) in [5.41, 5.74) is 0.861. The number of nitrogens with zero attached hydrogens (tertiary/aromatic N) is 2. The number of amides is 1. The Morgan fingerprint density at radius 2 is 1.93 bits per heavy atom. The number of methoxy groups -OCH3 is 1. The highest BCUT2D eigenvalue weighted by Crippen LogP contribution is 2.42. The minimum absolute atomic E-state index is 0.0917. The average Bonchev–Trinajstić information content (AvgIpc) is 3.15. The minimum Gasteiger partial charge on any atom is -0.497 e. The number of thioether (sulfide) groups is 1. The maximum absolute atomic E-state index is 13.1. The van der Waals surface area contributed by atoms with E-state index in [1.165, 1.54) is 11.8 Å². The number of aliphatic hydroxyl groups is 2. The molecule has 0 spiro atoms. The summed E-state index contributed by atoms with van der Waals surface area (Å²) >= 11 is 1.49. The third kappa shape index (κ3) is 3.86. The standard InChI is InChI=1S/C20H27N3O4S/c1-27-13-7-5-12(6-8-13)21-20-22-16-17(25)15(24)11-14(18(16)28-20)19(26)23-9-3-2-4-10-23/h5-8,14-18,24-25H,2-4,9-11H2,1H3,(H,21,22)/t14-,15+,16+,17-,18+/m0/s1. The van der Waals surface area contributed by atoms with Crippen LogP contribution in [0.3, 0.4) is 0 Å². The van der Waals surface area contributed by atoms with Gasteiger partial charge in [-0.05, 0) is 49.9 Å². The molecule has 2 heterocycles. The third-order valence-corrected chi connectivity index (χ3v) is 7.12. The highest BCUT2D eigenvalue weighted by atomic mass is 32.2. The number of anilines is 1. The Balaban J connectivity index is 1.49. The molecule has 7 nitrogen and oxygen atoms in total. The van der Waals surface area contributed by atoms with Crippen molar-refractivity contribution in [1.82, 2.24) is 4.90 Å². The van der Waals surface area contributed by atoms with Crippen molar-refractivity contribution in [2.45, 2.75) is 49.2 Å². The highest BCUT2D eigenvalue weighted by molar-refractivity contribution is 8.15. The van der Waals surface area contributed by atoms with E-state index in [1.54, 1.807) is 7.11 Å². The molecule has 1 saturated carbocycles. The molecule has 3 aliphatic rings. The Kier molecular flexibility index (Phi) is 5.80. The van der Waals surface area contributed by atoms with Gasteiger partial charge in [-0.1, -0.05) is 11.8 Å². The number of hydrogen-bond acceptors (Lipinski definition) is 7. The van der Waals surface area contributed by atoms with Gasteiger partial charge in [0.2, 0.25) is 5.91 Å². The van der Waals surface area contributed by atoms with Gasteiger partial charge in [0, 0.05) is 24.0 Å². The van der Waals surface area contributed by atoms with Gasteiger partial charge in [0.1, 0.15) is 11.9 Å². The summed E-state index contributed by atoms with van der Waals surface area (Å²) in [5, 5.41) is 24.6. The van der Waals surface area contributed by atoms with Crippen LogP contribution in [0.1, 0.15) is 25.7 Å². The molecule has 1 aromatic rings. The summed E-state index contributed by atoms with van der Waals surface area (Å²) in [6.07, 6.45) is 1.64. The van der Waals surface area contributed by atoms with E-state index < -0.39 is 18.2 Å². The third-order valence-electron chi connectivity index (χ3n) is 5.81. The van der Waals surface area contributed by atoms with Crippen LogP contribution in [-0.4, -0.2) is 69.9 Å². The van der Waals surface area contributed by atoms with Crippen molar-refractivity contribution < 1.29 is 19.7 Å². The summed E-state index contributed by atoms with van der Waals surface area (Å²) in [7, 11) is 1.62. The fourth-order valence-electron chi connectivity index (χ4n) is 4.24. The maximum atomic E-state index is 13.1. The molecule has 0 bridgehead atoms. The number of piperidine rings is 1. The molecule has 4 rings (SSSR count). The van der Waals surface area contributed by atoms with Crippen LogP contribution in [0, 0.1) is 5.92 Å². The van der Waals surface area contributed by atoms with Gasteiger partial charge in [0.15, 0.2) is 5.17 Å². The largest absolute Gasteiger partial charge is 0.497 e. The zero-order valence-electron chi connectivity index (χ0n) is 16.0. The minimum atomic E-state index is -0.946. The van der Waals surface area contributed by atoms with Crippen LogP contribution >= 0.6 is 11.8 Å². The predicted molar refractivity (Wildman–Crippen MR) is 110 cm³/mol. The lowest BCUT2D eigenvalue weighted by molar-refractivity contribution is -0.141. The molecular formula is C20H27N3O4S. The number of nitrogens with one attached hydrogen (secondary N) is 1. The number of carbonyl (C=O) groups excluding carboxylic acids is 1. The molecule has 1 saturated heterocycles. The number of benzene rings is 1. The molecule has 1 aromatic carbocycles. The van der Waals surface area contributed by atoms with Crippen molar-refractivity contribution in [3.63, 3.8) is 0 Å². The van der Waals surface area contributed by atoms with Gasteiger partial charge < -0.3 is 25.2 Å². The summed E-state index contributed by atoms with van der Waals surface area (Å²) in [6.45, 7) is 1.57. The zero-order valence-corrected chi connectivity index (χ0v) is 16.8. The van der Waals surface area contributed by atoms with Crippen LogP contribution in [0.2, 0.25) is 0 Å². The van der Waals surface area contributed by atoms with Gasteiger partial charge in [-0.25, -0.2) is 0 Å². The lowest BCUT2D eigenvalue weighted by atomic mass is 9.80. The number of aliphatic imine (C=N–C) groups is 1. The van der Waals surface area contributed by atoms with Gasteiger partial charge in [-0.3, -0.25) is 9.79 Å². The van der Waals surface area contributed by atoms with Gasteiger partial charge in [-0.15, -0.1) is 0 Å². The van der Waals surface area contributed by atoms with Crippen LogP contribution < -0.4 is 10.1 Å². The summed E-state index contributed by atoms with van der Waals surface area (Å²) in [5.74, 6) is 0.533. The van der Waals surface area contributed by atoms with Gasteiger partial charge >= 0.3 is 0 Å². The number of amidine groups is 1. The number of carbonyl (C=O) groups is 1. The Morgan fingerprint density at radius 3 is 2.61 bits per heavy atom. The van der Waals surface area contributed by atoms with E-state index >= 15 is 0 Å². The molecule has 0 radical (unpaired) electrons. The number of hydrogen-bond donors (Lipinski definition) is 3. The van der Waals surface area contributed by atoms with Crippen molar-refractivity contribution in [3.05, 3.63) is 24.3 Å². The van der Waals surface area contributed by atoms with Gasteiger partial charge in [0.25, 0.3) is 0 Å². The van der Waals surface area contributed by atoms with Crippen molar-refractivity contribution >= 4 is 28.5 Å². The fourth-order valence-corrected chi connectivity index (χ4v) is 5.61. The molecule has 5 atom stereocenters. The Morgan fingerprint density at radius 1 is 1.21 bits per heavy atom. The van der Waals surface area contributed by atoms with E-state index in [9.17, 15) is 15.0 Å². The van der Waals surface area contributed by atoms with E-state index in [0.29, 0.717) is 5.17 Å². The first-order valence-corrected chi connectivity index (χ1v) is 10.8. The Bertz CT molecular complexity index is 735. The van der Waals surface area contributed by atoms with Crippen molar-refractivity contribution in [2.24, 2.45) is 10.9 Å². The van der Waals surface area contributed by atoms with E-state index in [4.69, 9.17) is 4.74 Å². The Labute approximate surface area is 169 Å². The number of rotatable bonds is 3. The quantitative estimate of drug-likeness (QED) is 0.709. The Hall–Kier alpha value is -1.77. The molecule has 8 heteroatoms. The molecular weight excluding hydrogens is 378 g/mol. The van der Waals surface area contributed by atoms with Crippen molar-refractivity contribution in [2.75, 3.05) is 25.5 Å². The smallest absolute Gasteiger partial charge is 0.226 e. The number of ether oxygens (including phenoxy) is 1. The molecule has 0 aromatic heterocycles. The molecule has 1 aliphatic carbocycles. The lowest BCUT2D eigenvalue weighted by Crippen LogP contribution is -2.55. The zero-order chi connectivity index (χ0) is 19.7. The van der Waals surface area contributed by atoms with E-state index in [2.05, 4.69) is 10.3 Å². The first-order valence-electron chi connectivity index (χ1n) is 9.87. The van der Waals surface area contributed by atoms with E-state index in [-0.39, 0.29) is 23.5 Å². The van der Waals surface area contributed by atoms with Gasteiger partial charge in [0.05, 0.1) is 25.2 Å². The number of fused-ring (bicyclic) bond motifs is 1. The number of aliphatic hydroxyl groups excluding tert-OH is 2. The van der Waals surface area contributed by atoms with Gasteiger partial charge in [-0.2, -0.15) is 0 Å². The predicted octanol–water partition coefficient (Wildman–Crippen LogP) is 1.70. The molecule has 28 heavy (non-hydrogen) atoms. The average molecular weight is 406 g/mol. The molecule has 0 unspecified atom stereocenters. The summed E-state index contributed by atoms with van der Waals surface area (Å²) in [4.78, 5) is 19.7. The first kappa shape index (κ1) is 19.5. The van der Waals surface area contributed by atoms with Crippen LogP contribution in [0.4, 0.5) is 5.69 Å². The van der Waals surface area contributed by atoms with E-state index in [1.807, 2.05) is 29.2 Å². The molecule has 2 fully saturated rings. The van der Waals surface area contributed by atoms with Crippen molar-refractivity contribution in [3.8, 4) is 5.75 Å². The second kappa shape index (κ2) is 8.31. The topological polar surface area (TPSA) is 94.4 Å². The van der Waals surface area contributed by atoms with Crippen LogP contribution in [-0.2, 0) is 4.79 Å². The maximum Gasteiger partial charge on any atom is 0.226 e.